The first-order chi connectivity index (χ1) is 9.76. The van der Waals surface area contributed by atoms with Crippen LogP contribution in [-0.4, -0.2) is 30.9 Å². The maximum atomic E-state index is 11.5. The monoisotopic (exact) mass is 292 g/mol. The molecule has 0 radical (unpaired) electrons. The lowest BCUT2D eigenvalue weighted by atomic mass is 9.92. The molecule has 1 aromatic rings. The minimum Gasteiger partial charge on any atom is -0.380 e. The molecule has 1 amide bonds. The van der Waals surface area contributed by atoms with E-state index in [2.05, 4.69) is 22.8 Å². The van der Waals surface area contributed by atoms with E-state index in [1.807, 2.05) is 6.07 Å². The molecule has 2 atom stereocenters. The van der Waals surface area contributed by atoms with Gasteiger partial charge >= 0.3 is 0 Å². The van der Waals surface area contributed by atoms with Crippen LogP contribution in [0.3, 0.4) is 0 Å². The van der Waals surface area contributed by atoms with Gasteiger partial charge in [0.1, 0.15) is 0 Å². The second-order valence-corrected chi connectivity index (χ2v) is 6.37. The summed E-state index contributed by atoms with van der Waals surface area (Å²) in [6, 6.07) is 6.55. The second kappa shape index (κ2) is 6.06. The van der Waals surface area contributed by atoms with Crippen molar-refractivity contribution >= 4 is 29.0 Å². The van der Waals surface area contributed by atoms with Crippen LogP contribution in [-0.2, 0) is 9.53 Å². The molecular formula is C15H20N2O2S. The number of carbonyl (C=O) groups is 1. The smallest absolute Gasteiger partial charge is 0.234 e. The molecule has 0 saturated heterocycles. The number of anilines is 2. The topological polar surface area (TPSA) is 50.4 Å². The highest BCUT2D eigenvalue weighted by molar-refractivity contribution is 8.00. The number of fused-ring (bicyclic) bond motifs is 1. The fourth-order valence-electron chi connectivity index (χ4n) is 2.93. The van der Waals surface area contributed by atoms with Crippen LogP contribution in [0.2, 0.25) is 0 Å². The van der Waals surface area contributed by atoms with Crippen molar-refractivity contribution in [1.29, 1.82) is 0 Å². The predicted molar refractivity (Wildman–Crippen MR) is 82.5 cm³/mol. The molecule has 1 aromatic carbocycles. The molecule has 5 heteroatoms. The first-order valence-corrected chi connectivity index (χ1v) is 8.11. The summed E-state index contributed by atoms with van der Waals surface area (Å²) in [4.78, 5) is 12.6. The Morgan fingerprint density at radius 1 is 1.35 bits per heavy atom. The van der Waals surface area contributed by atoms with Crippen molar-refractivity contribution in [2.45, 2.75) is 42.7 Å². The summed E-state index contributed by atoms with van der Waals surface area (Å²) in [7, 11) is 1.79. The number of hydrogen-bond acceptors (Lipinski definition) is 4. The summed E-state index contributed by atoms with van der Waals surface area (Å²) in [6.45, 7) is 0. The van der Waals surface area contributed by atoms with E-state index in [0.29, 0.717) is 11.8 Å². The third-order valence-electron chi connectivity index (χ3n) is 3.97. The van der Waals surface area contributed by atoms with Crippen LogP contribution < -0.4 is 10.6 Å². The van der Waals surface area contributed by atoms with Crippen LogP contribution in [0.15, 0.2) is 23.1 Å². The quantitative estimate of drug-likeness (QED) is 0.899. The summed E-state index contributed by atoms with van der Waals surface area (Å²) >= 11 is 1.59. The van der Waals surface area contributed by atoms with Gasteiger partial charge in [-0.05, 0) is 31.0 Å². The predicted octanol–water partition coefficient (Wildman–Crippen LogP) is 3.10. The van der Waals surface area contributed by atoms with Crippen LogP contribution in [0.5, 0.6) is 0 Å². The molecule has 108 valence electrons. The number of methoxy groups -OCH3 is 1. The van der Waals surface area contributed by atoms with Gasteiger partial charge in [0.2, 0.25) is 5.91 Å². The number of hydrogen-bond donors (Lipinski definition) is 2. The van der Waals surface area contributed by atoms with Gasteiger partial charge in [-0.25, -0.2) is 0 Å². The number of amides is 1. The zero-order chi connectivity index (χ0) is 13.9. The van der Waals surface area contributed by atoms with E-state index in [4.69, 9.17) is 4.74 Å². The Hall–Kier alpha value is -1.20. The van der Waals surface area contributed by atoms with Crippen molar-refractivity contribution in [3.8, 4) is 0 Å². The Morgan fingerprint density at radius 2 is 2.20 bits per heavy atom. The number of thioether (sulfide) groups is 1. The number of carbonyl (C=O) groups excluding carboxylic acids is 1. The summed E-state index contributed by atoms with van der Waals surface area (Å²) in [5, 5.41) is 6.49. The summed E-state index contributed by atoms with van der Waals surface area (Å²) in [5.41, 5.74) is 1.97. The molecular weight excluding hydrogens is 272 g/mol. The second-order valence-electron chi connectivity index (χ2n) is 5.36. The molecule has 1 heterocycles. The normalized spacial score (nSPS) is 25.8. The molecule has 0 bridgehead atoms. The van der Waals surface area contributed by atoms with Crippen molar-refractivity contribution < 1.29 is 9.53 Å². The number of ether oxygens (including phenoxy) is 1. The van der Waals surface area contributed by atoms with E-state index in [1.165, 1.54) is 12.8 Å². The highest BCUT2D eigenvalue weighted by Gasteiger charge is 2.25. The van der Waals surface area contributed by atoms with Gasteiger partial charge in [-0.3, -0.25) is 4.79 Å². The lowest BCUT2D eigenvalue weighted by Gasteiger charge is -2.32. The van der Waals surface area contributed by atoms with Crippen LogP contribution in [0, 0.1) is 0 Å². The van der Waals surface area contributed by atoms with Crippen LogP contribution in [0.25, 0.3) is 0 Å². The molecule has 3 rings (SSSR count). The molecule has 1 aliphatic heterocycles. The van der Waals surface area contributed by atoms with E-state index < -0.39 is 0 Å². The fraction of sp³-hybridized carbons (Fsp3) is 0.533. The molecule has 0 aromatic heterocycles. The lowest BCUT2D eigenvalue weighted by molar-refractivity contribution is -0.113. The van der Waals surface area contributed by atoms with Crippen LogP contribution >= 0.6 is 11.8 Å². The molecule has 0 spiro atoms. The lowest BCUT2D eigenvalue weighted by Crippen LogP contribution is -2.37. The van der Waals surface area contributed by atoms with Gasteiger partial charge in [0.25, 0.3) is 0 Å². The van der Waals surface area contributed by atoms with Gasteiger partial charge < -0.3 is 15.4 Å². The average Bonchev–Trinajstić information content (AvgIpc) is 2.47. The largest absolute Gasteiger partial charge is 0.380 e. The van der Waals surface area contributed by atoms with Crippen LogP contribution in [0.4, 0.5) is 11.4 Å². The molecule has 2 N–H and O–H groups in total. The van der Waals surface area contributed by atoms with Crippen molar-refractivity contribution in [2.24, 2.45) is 0 Å². The Kier molecular flexibility index (Phi) is 4.17. The number of benzene rings is 1. The number of nitrogens with one attached hydrogen (secondary N) is 2. The Labute approximate surface area is 123 Å². The highest BCUT2D eigenvalue weighted by Crippen LogP contribution is 2.34. The first-order valence-electron chi connectivity index (χ1n) is 7.12. The Morgan fingerprint density at radius 3 is 3.05 bits per heavy atom. The van der Waals surface area contributed by atoms with Crippen molar-refractivity contribution in [2.75, 3.05) is 23.5 Å². The zero-order valence-electron chi connectivity index (χ0n) is 11.6. The number of rotatable bonds is 3. The molecule has 4 nitrogen and oxygen atoms in total. The Bertz CT molecular complexity index is 507. The van der Waals surface area contributed by atoms with Crippen LogP contribution in [0.1, 0.15) is 25.7 Å². The molecule has 20 heavy (non-hydrogen) atoms. The van der Waals surface area contributed by atoms with Gasteiger partial charge in [-0.2, -0.15) is 0 Å². The fourth-order valence-corrected chi connectivity index (χ4v) is 3.72. The zero-order valence-corrected chi connectivity index (χ0v) is 12.5. The SMILES string of the molecule is COC1CCCCC1Nc1ccc2c(c1)NC(=O)CS2. The van der Waals surface area contributed by atoms with Crippen molar-refractivity contribution in [3.63, 3.8) is 0 Å². The van der Waals surface area contributed by atoms with E-state index in [9.17, 15) is 4.79 Å². The first kappa shape index (κ1) is 13.8. The minimum atomic E-state index is 0.0760. The van der Waals surface area contributed by atoms with Gasteiger partial charge in [-0.15, -0.1) is 11.8 Å². The van der Waals surface area contributed by atoms with E-state index >= 15 is 0 Å². The Balaban J connectivity index is 1.74. The van der Waals surface area contributed by atoms with E-state index in [1.54, 1.807) is 18.9 Å². The van der Waals surface area contributed by atoms with Gasteiger partial charge in [0.05, 0.1) is 23.6 Å². The third kappa shape index (κ3) is 2.94. The van der Waals surface area contributed by atoms with Crippen molar-refractivity contribution in [1.82, 2.24) is 0 Å². The maximum absolute atomic E-state index is 11.5. The van der Waals surface area contributed by atoms with E-state index in [-0.39, 0.29) is 12.0 Å². The summed E-state index contributed by atoms with van der Waals surface area (Å²) < 4.78 is 5.57. The van der Waals surface area contributed by atoms with Gasteiger partial charge in [0.15, 0.2) is 0 Å². The molecule has 1 aliphatic carbocycles. The average molecular weight is 292 g/mol. The third-order valence-corrected chi connectivity index (χ3v) is 5.04. The summed E-state index contributed by atoms with van der Waals surface area (Å²) in [5.74, 6) is 0.584. The molecule has 2 aliphatic rings. The summed E-state index contributed by atoms with van der Waals surface area (Å²) in [6.07, 6.45) is 5.02. The van der Waals surface area contributed by atoms with Crippen molar-refractivity contribution in [3.05, 3.63) is 18.2 Å². The minimum absolute atomic E-state index is 0.0760. The van der Waals surface area contributed by atoms with Gasteiger partial charge in [-0.1, -0.05) is 12.8 Å². The highest BCUT2D eigenvalue weighted by atomic mass is 32.2. The molecule has 1 saturated carbocycles. The molecule has 1 fully saturated rings. The van der Waals surface area contributed by atoms with E-state index in [0.717, 1.165) is 29.1 Å². The standard InChI is InChI=1S/C15H20N2O2S/c1-19-13-5-3-2-4-11(13)16-10-6-7-14-12(8-10)17-15(18)9-20-14/h6-8,11,13,16H,2-5,9H2,1H3,(H,17,18). The maximum Gasteiger partial charge on any atom is 0.234 e. The molecule has 2 unspecified atom stereocenters. The van der Waals surface area contributed by atoms with Gasteiger partial charge in [0, 0.05) is 17.7 Å².